The molecule has 0 saturated heterocycles. The lowest BCUT2D eigenvalue weighted by Crippen LogP contribution is -2.42. The van der Waals surface area contributed by atoms with Crippen LogP contribution in [0.2, 0.25) is 0 Å². The lowest BCUT2D eigenvalue weighted by molar-refractivity contribution is -0.384. The van der Waals surface area contributed by atoms with Crippen molar-refractivity contribution < 1.29 is 14.1 Å². The Kier molecular flexibility index (Phi) is 4.14. The lowest BCUT2D eigenvalue weighted by atomic mass is 9.78. The van der Waals surface area contributed by atoms with Gasteiger partial charge in [-0.1, -0.05) is 25.0 Å². The summed E-state index contributed by atoms with van der Waals surface area (Å²) in [6, 6.07) is 9.94. The molecule has 1 heterocycles. The molecule has 1 amide bonds. The first-order chi connectivity index (χ1) is 11.1. The molecule has 1 saturated carbocycles. The Labute approximate surface area is 133 Å². The Morgan fingerprint density at radius 1 is 1.22 bits per heavy atom. The summed E-state index contributed by atoms with van der Waals surface area (Å²) in [4.78, 5) is 23.2. The minimum Gasteiger partial charge on any atom is -0.467 e. The molecule has 1 aliphatic carbocycles. The first-order valence-corrected chi connectivity index (χ1v) is 7.67. The van der Waals surface area contributed by atoms with Crippen molar-refractivity contribution in [3.63, 3.8) is 0 Å². The smallest absolute Gasteiger partial charge is 0.269 e. The number of nitro groups is 1. The molecule has 1 aromatic carbocycles. The summed E-state index contributed by atoms with van der Waals surface area (Å²) < 4.78 is 5.24. The molecule has 6 heteroatoms. The Morgan fingerprint density at radius 3 is 2.48 bits per heavy atom. The van der Waals surface area contributed by atoms with Gasteiger partial charge in [0.1, 0.15) is 5.76 Å². The van der Waals surface area contributed by atoms with Crippen LogP contribution in [-0.4, -0.2) is 10.8 Å². The molecule has 2 aromatic rings. The molecule has 3 rings (SSSR count). The number of rotatable bonds is 5. The van der Waals surface area contributed by atoms with Gasteiger partial charge in [-0.25, -0.2) is 0 Å². The number of amides is 1. The van der Waals surface area contributed by atoms with Gasteiger partial charge in [0.25, 0.3) is 5.69 Å². The fourth-order valence-corrected chi connectivity index (χ4v) is 3.28. The number of hydrogen-bond donors (Lipinski definition) is 1. The molecule has 23 heavy (non-hydrogen) atoms. The second-order valence-corrected chi connectivity index (χ2v) is 5.86. The molecular formula is C17H18N2O4. The number of nitrogens with zero attached hydrogens (tertiary/aromatic N) is 1. The van der Waals surface area contributed by atoms with Crippen LogP contribution in [0, 0.1) is 10.1 Å². The number of nitrogens with one attached hydrogen (secondary N) is 1. The zero-order valence-corrected chi connectivity index (χ0v) is 12.7. The highest BCUT2D eigenvalue weighted by Gasteiger charge is 2.42. The van der Waals surface area contributed by atoms with Crippen molar-refractivity contribution in [3.05, 3.63) is 64.1 Å². The van der Waals surface area contributed by atoms with E-state index in [1.807, 2.05) is 6.07 Å². The van der Waals surface area contributed by atoms with Gasteiger partial charge < -0.3 is 9.73 Å². The molecule has 1 aliphatic rings. The predicted octanol–water partition coefficient (Wildman–Crippen LogP) is 3.32. The van der Waals surface area contributed by atoms with E-state index in [4.69, 9.17) is 4.42 Å². The number of hydrogen-bond acceptors (Lipinski definition) is 4. The molecule has 1 aromatic heterocycles. The maximum Gasteiger partial charge on any atom is 0.269 e. The van der Waals surface area contributed by atoms with Crippen LogP contribution >= 0.6 is 0 Å². The minimum atomic E-state index is -0.596. The summed E-state index contributed by atoms with van der Waals surface area (Å²) in [7, 11) is 0. The highest BCUT2D eigenvalue weighted by molar-refractivity contribution is 5.88. The second-order valence-electron chi connectivity index (χ2n) is 5.86. The van der Waals surface area contributed by atoms with Crippen LogP contribution in [0.5, 0.6) is 0 Å². The molecule has 1 fully saturated rings. The molecule has 6 nitrogen and oxygen atoms in total. The van der Waals surface area contributed by atoms with Crippen LogP contribution in [0.25, 0.3) is 0 Å². The average molecular weight is 314 g/mol. The third kappa shape index (κ3) is 2.97. The first kappa shape index (κ1) is 15.3. The molecule has 0 spiro atoms. The zero-order valence-electron chi connectivity index (χ0n) is 12.7. The normalized spacial score (nSPS) is 16.2. The molecule has 0 unspecified atom stereocenters. The lowest BCUT2D eigenvalue weighted by Gasteiger charge is -2.28. The Morgan fingerprint density at radius 2 is 1.91 bits per heavy atom. The van der Waals surface area contributed by atoms with Crippen LogP contribution in [0.15, 0.2) is 47.1 Å². The zero-order chi connectivity index (χ0) is 16.3. The summed E-state index contributed by atoms with van der Waals surface area (Å²) in [6.45, 7) is 0.348. The van der Waals surface area contributed by atoms with Gasteiger partial charge in [0.05, 0.1) is 23.1 Å². The van der Waals surface area contributed by atoms with Crippen molar-refractivity contribution in [2.24, 2.45) is 0 Å². The van der Waals surface area contributed by atoms with Gasteiger partial charge >= 0.3 is 0 Å². The largest absolute Gasteiger partial charge is 0.467 e. The summed E-state index contributed by atoms with van der Waals surface area (Å²) >= 11 is 0. The highest BCUT2D eigenvalue weighted by Crippen LogP contribution is 2.41. The van der Waals surface area contributed by atoms with Gasteiger partial charge in [0.15, 0.2) is 0 Å². The number of non-ortho nitro benzene ring substituents is 1. The molecular weight excluding hydrogens is 296 g/mol. The minimum absolute atomic E-state index is 0.0397. The van der Waals surface area contributed by atoms with Gasteiger partial charge in [-0.3, -0.25) is 14.9 Å². The molecule has 0 atom stereocenters. The van der Waals surface area contributed by atoms with E-state index in [0.29, 0.717) is 12.3 Å². The third-order valence-electron chi connectivity index (χ3n) is 4.53. The Bertz CT molecular complexity index is 686. The summed E-state index contributed by atoms with van der Waals surface area (Å²) in [6.07, 6.45) is 5.04. The third-order valence-corrected chi connectivity index (χ3v) is 4.53. The van der Waals surface area contributed by atoms with E-state index >= 15 is 0 Å². The molecule has 0 radical (unpaired) electrons. The Hall–Kier alpha value is -2.63. The fourth-order valence-electron chi connectivity index (χ4n) is 3.28. The quantitative estimate of drug-likeness (QED) is 0.677. The van der Waals surface area contributed by atoms with E-state index in [9.17, 15) is 14.9 Å². The van der Waals surface area contributed by atoms with E-state index < -0.39 is 10.3 Å². The number of nitro benzene ring substituents is 1. The van der Waals surface area contributed by atoms with Crippen LogP contribution < -0.4 is 5.32 Å². The number of furan rings is 1. The van der Waals surface area contributed by atoms with Gasteiger partial charge in [0, 0.05) is 12.1 Å². The van der Waals surface area contributed by atoms with Crippen molar-refractivity contribution in [2.45, 2.75) is 37.6 Å². The summed E-state index contributed by atoms with van der Waals surface area (Å²) in [5.41, 5.74) is 0.289. The second kappa shape index (κ2) is 6.24. The van der Waals surface area contributed by atoms with Crippen LogP contribution in [0.1, 0.15) is 37.0 Å². The van der Waals surface area contributed by atoms with Crippen LogP contribution in [-0.2, 0) is 16.8 Å². The number of carbonyl (C=O) groups excluding carboxylic acids is 1. The van der Waals surface area contributed by atoms with Crippen molar-refractivity contribution in [1.82, 2.24) is 5.32 Å². The maximum atomic E-state index is 12.8. The highest BCUT2D eigenvalue weighted by atomic mass is 16.6. The number of carbonyl (C=O) groups is 1. The molecule has 1 N–H and O–H groups in total. The van der Waals surface area contributed by atoms with E-state index in [2.05, 4.69) is 5.32 Å². The standard InChI is InChI=1S/C17H18N2O4/c20-16(18-12-15-4-3-11-23-15)17(9-1-2-10-17)13-5-7-14(8-6-13)19(21)22/h3-8,11H,1-2,9-10,12H2,(H,18,20). The van der Waals surface area contributed by atoms with Crippen molar-refractivity contribution in [3.8, 4) is 0 Å². The van der Waals surface area contributed by atoms with Crippen molar-refractivity contribution in [1.29, 1.82) is 0 Å². The van der Waals surface area contributed by atoms with Crippen LogP contribution in [0.3, 0.4) is 0 Å². The average Bonchev–Trinajstić information content (AvgIpc) is 3.25. The number of benzene rings is 1. The van der Waals surface area contributed by atoms with E-state index in [1.54, 1.807) is 24.5 Å². The van der Waals surface area contributed by atoms with Crippen molar-refractivity contribution >= 4 is 11.6 Å². The molecule has 0 bridgehead atoms. The van der Waals surface area contributed by atoms with Gasteiger partial charge in [0.2, 0.25) is 5.91 Å². The molecule has 120 valence electrons. The summed E-state index contributed by atoms with van der Waals surface area (Å²) in [5, 5.41) is 13.7. The SMILES string of the molecule is O=C(NCc1ccco1)C1(c2ccc([N+](=O)[O-])cc2)CCCC1. The predicted molar refractivity (Wildman–Crippen MR) is 83.8 cm³/mol. The van der Waals surface area contributed by atoms with E-state index in [0.717, 1.165) is 31.2 Å². The Balaban J connectivity index is 1.81. The topological polar surface area (TPSA) is 85.4 Å². The molecule has 0 aliphatic heterocycles. The summed E-state index contributed by atoms with van der Waals surface area (Å²) in [5.74, 6) is 0.662. The fraction of sp³-hybridized carbons (Fsp3) is 0.353. The van der Waals surface area contributed by atoms with E-state index in [1.165, 1.54) is 12.1 Å². The first-order valence-electron chi connectivity index (χ1n) is 7.67. The van der Waals surface area contributed by atoms with Gasteiger partial charge in [-0.2, -0.15) is 0 Å². The van der Waals surface area contributed by atoms with E-state index in [-0.39, 0.29) is 11.6 Å². The van der Waals surface area contributed by atoms with Crippen molar-refractivity contribution in [2.75, 3.05) is 0 Å². The van der Waals surface area contributed by atoms with Crippen LogP contribution in [0.4, 0.5) is 5.69 Å². The maximum absolute atomic E-state index is 12.8. The van der Waals surface area contributed by atoms with Gasteiger partial charge in [-0.05, 0) is 30.5 Å². The monoisotopic (exact) mass is 314 g/mol. The van der Waals surface area contributed by atoms with Gasteiger partial charge in [-0.15, -0.1) is 0 Å².